The standard InChI is InChI=1S/C24H25FN4O3/c25-17-6-7-20-19(12-17)24(32)29(14-28-20)21(10-15-4-2-1-3-5-15)22(30)13-18-11-16(23(26)31)8-9-27-18/h6-9,11-12,14-15,21H,1-5,10,13H2,(H2,26,31). The van der Waals surface area contributed by atoms with E-state index in [0.29, 0.717) is 23.5 Å². The second-order valence-electron chi connectivity index (χ2n) is 8.42. The predicted molar refractivity (Wildman–Crippen MR) is 118 cm³/mol. The molecule has 1 aromatic carbocycles. The highest BCUT2D eigenvalue weighted by atomic mass is 19.1. The zero-order chi connectivity index (χ0) is 22.7. The molecule has 1 fully saturated rings. The zero-order valence-corrected chi connectivity index (χ0v) is 17.7. The lowest BCUT2D eigenvalue weighted by Crippen LogP contribution is -2.33. The highest BCUT2D eigenvalue weighted by molar-refractivity contribution is 5.93. The van der Waals surface area contributed by atoms with Gasteiger partial charge in [0.15, 0.2) is 5.78 Å². The van der Waals surface area contributed by atoms with Gasteiger partial charge in [-0.3, -0.25) is 23.9 Å². The number of halogens is 1. The Morgan fingerprint density at radius 2 is 1.91 bits per heavy atom. The predicted octanol–water partition coefficient (Wildman–Crippen LogP) is 3.35. The van der Waals surface area contributed by atoms with Crippen LogP contribution < -0.4 is 11.3 Å². The van der Waals surface area contributed by atoms with E-state index in [2.05, 4.69) is 9.97 Å². The Balaban J connectivity index is 1.70. The van der Waals surface area contributed by atoms with Crippen molar-refractivity contribution in [1.29, 1.82) is 0 Å². The molecule has 2 heterocycles. The number of hydrogen-bond donors (Lipinski definition) is 1. The molecule has 32 heavy (non-hydrogen) atoms. The van der Waals surface area contributed by atoms with Crippen LogP contribution in [0.2, 0.25) is 0 Å². The molecule has 0 bridgehead atoms. The summed E-state index contributed by atoms with van der Waals surface area (Å²) in [7, 11) is 0. The molecule has 7 nitrogen and oxygen atoms in total. The number of rotatable bonds is 7. The molecule has 3 aromatic rings. The fourth-order valence-electron chi connectivity index (χ4n) is 4.49. The normalized spacial score (nSPS) is 15.5. The quantitative estimate of drug-likeness (QED) is 0.611. The van der Waals surface area contributed by atoms with Crippen LogP contribution in [0.15, 0.2) is 47.7 Å². The second-order valence-corrected chi connectivity index (χ2v) is 8.42. The molecule has 0 saturated heterocycles. The van der Waals surface area contributed by atoms with Gasteiger partial charge in [0, 0.05) is 17.5 Å². The molecular formula is C24H25FN4O3. The maximum Gasteiger partial charge on any atom is 0.261 e. The Bertz CT molecular complexity index is 1220. The van der Waals surface area contributed by atoms with Gasteiger partial charge >= 0.3 is 0 Å². The van der Waals surface area contributed by atoms with Gasteiger partial charge in [-0.25, -0.2) is 9.37 Å². The van der Waals surface area contributed by atoms with Crippen LogP contribution in [0.25, 0.3) is 10.9 Å². The van der Waals surface area contributed by atoms with E-state index in [1.54, 1.807) is 0 Å². The molecule has 1 atom stereocenters. The number of ketones is 1. The van der Waals surface area contributed by atoms with E-state index in [1.165, 1.54) is 47.8 Å². The third-order valence-electron chi connectivity index (χ3n) is 6.19. The van der Waals surface area contributed by atoms with Crippen molar-refractivity contribution < 1.29 is 14.0 Å². The van der Waals surface area contributed by atoms with Gasteiger partial charge in [0.1, 0.15) is 5.82 Å². The van der Waals surface area contributed by atoms with Crippen molar-refractivity contribution in [1.82, 2.24) is 14.5 Å². The van der Waals surface area contributed by atoms with E-state index in [9.17, 15) is 18.8 Å². The minimum Gasteiger partial charge on any atom is -0.366 e. The molecule has 0 radical (unpaired) electrons. The lowest BCUT2D eigenvalue weighted by molar-refractivity contribution is -0.122. The van der Waals surface area contributed by atoms with E-state index in [0.717, 1.165) is 31.7 Å². The Morgan fingerprint density at radius 1 is 1.12 bits per heavy atom. The Kier molecular flexibility index (Phi) is 6.39. The molecule has 0 spiro atoms. The average molecular weight is 436 g/mol. The summed E-state index contributed by atoms with van der Waals surface area (Å²) in [5, 5.41) is 0.141. The summed E-state index contributed by atoms with van der Waals surface area (Å²) < 4.78 is 15.1. The maximum atomic E-state index is 13.8. The topological polar surface area (TPSA) is 108 Å². The van der Waals surface area contributed by atoms with Crippen LogP contribution in [0.4, 0.5) is 4.39 Å². The molecule has 1 amide bonds. The summed E-state index contributed by atoms with van der Waals surface area (Å²) in [6, 6.07) is 6.09. The molecule has 2 aromatic heterocycles. The van der Waals surface area contributed by atoms with Gasteiger partial charge in [0.2, 0.25) is 5.91 Å². The van der Waals surface area contributed by atoms with E-state index in [-0.39, 0.29) is 23.2 Å². The largest absolute Gasteiger partial charge is 0.366 e. The lowest BCUT2D eigenvalue weighted by Gasteiger charge is -2.27. The van der Waals surface area contributed by atoms with Gasteiger partial charge in [-0.15, -0.1) is 0 Å². The molecule has 166 valence electrons. The molecule has 0 aliphatic heterocycles. The average Bonchev–Trinajstić information content (AvgIpc) is 2.79. The molecule has 1 aliphatic carbocycles. The van der Waals surface area contributed by atoms with Crippen molar-refractivity contribution >= 4 is 22.6 Å². The van der Waals surface area contributed by atoms with Crippen LogP contribution in [-0.2, 0) is 11.2 Å². The first-order valence-corrected chi connectivity index (χ1v) is 10.9. The number of benzene rings is 1. The van der Waals surface area contributed by atoms with Crippen molar-refractivity contribution in [2.75, 3.05) is 0 Å². The van der Waals surface area contributed by atoms with E-state index in [1.807, 2.05) is 0 Å². The second kappa shape index (κ2) is 9.38. The van der Waals surface area contributed by atoms with Crippen LogP contribution in [0.1, 0.15) is 60.6 Å². The van der Waals surface area contributed by atoms with Gasteiger partial charge < -0.3 is 5.73 Å². The number of nitrogens with zero attached hydrogens (tertiary/aromatic N) is 3. The molecule has 2 N–H and O–H groups in total. The summed E-state index contributed by atoms with van der Waals surface area (Å²) in [5.41, 5.74) is 5.96. The van der Waals surface area contributed by atoms with Crippen molar-refractivity contribution in [2.45, 2.75) is 51.0 Å². The number of pyridine rings is 1. The van der Waals surface area contributed by atoms with Gasteiger partial charge in [0.05, 0.1) is 29.7 Å². The first-order valence-electron chi connectivity index (χ1n) is 10.9. The van der Waals surface area contributed by atoms with E-state index >= 15 is 0 Å². The number of fused-ring (bicyclic) bond motifs is 1. The smallest absolute Gasteiger partial charge is 0.261 e. The van der Waals surface area contributed by atoms with Gasteiger partial charge in [-0.05, 0) is 42.7 Å². The first-order chi connectivity index (χ1) is 15.4. The summed E-state index contributed by atoms with van der Waals surface area (Å²) in [6.45, 7) is 0. The third-order valence-corrected chi connectivity index (χ3v) is 6.19. The van der Waals surface area contributed by atoms with Crippen molar-refractivity contribution in [2.24, 2.45) is 11.7 Å². The number of Topliss-reactive ketones (excluding diaryl/α,β-unsaturated/α-hetero) is 1. The van der Waals surface area contributed by atoms with Crippen molar-refractivity contribution in [3.05, 3.63) is 70.3 Å². The number of primary amides is 1. The summed E-state index contributed by atoms with van der Waals surface area (Å²) in [5.74, 6) is -1.02. The van der Waals surface area contributed by atoms with Crippen LogP contribution in [0, 0.1) is 11.7 Å². The number of carbonyl (C=O) groups is 2. The van der Waals surface area contributed by atoms with Gasteiger partial charge in [0.25, 0.3) is 5.56 Å². The van der Waals surface area contributed by atoms with Crippen molar-refractivity contribution in [3.8, 4) is 0 Å². The molecule has 1 unspecified atom stereocenters. The summed E-state index contributed by atoms with van der Waals surface area (Å²) in [6.07, 6.45) is 8.66. The summed E-state index contributed by atoms with van der Waals surface area (Å²) >= 11 is 0. The monoisotopic (exact) mass is 436 g/mol. The van der Waals surface area contributed by atoms with E-state index < -0.39 is 23.3 Å². The Morgan fingerprint density at radius 3 is 2.66 bits per heavy atom. The molecular weight excluding hydrogens is 411 g/mol. The van der Waals surface area contributed by atoms with Gasteiger partial charge in [-0.1, -0.05) is 32.1 Å². The molecule has 4 rings (SSSR count). The SMILES string of the molecule is NC(=O)c1ccnc(CC(=O)C(CC2CCCCC2)n2cnc3ccc(F)cc3c2=O)c1. The minimum atomic E-state index is -0.746. The van der Waals surface area contributed by atoms with Gasteiger partial charge in [-0.2, -0.15) is 0 Å². The van der Waals surface area contributed by atoms with Crippen LogP contribution in [0.3, 0.4) is 0 Å². The zero-order valence-electron chi connectivity index (χ0n) is 17.7. The number of aromatic nitrogens is 3. The maximum absolute atomic E-state index is 13.8. The lowest BCUT2D eigenvalue weighted by atomic mass is 9.83. The molecule has 8 heteroatoms. The Hall–Kier alpha value is -3.42. The summed E-state index contributed by atoms with van der Waals surface area (Å²) in [4.78, 5) is 46.6. The van der Waals surface area contributed by atoms with Crippen molar-refractivity contribution in [3.63, 3.8) is 0 Å². The minimum absolute atomic E-state index is 0.0495. The highest BCUT2D eigenvalue weighted by Crippen LogP contribution is 2.31. The molecule has 1 saturated carbocycles. The third kappa shape index (κ3) is 4.74. The van der Waals surface area contributed by atoms with Crippen LogP contribution in [0.5, 0.6) is 0 Å². The fourth-order valence-corrected chi connectivity index (χ4v) is 4.49. The number of amides is 1. The van der Waals surface area contributed by atoms with Crippen LogP contribution >= 0.6 is 0 Å². The fraction of sp³-hybridized carbons (Fsp3) is 0.375. The van der Waals surface area contributed by atoms with Crippen LogP contribution in [-0.4, -0.2) is 26.2 Å². The molecule has 1 aliphatic rings. The first kappa shape index (κ1) is 21.8. The highest BCUT2D eigenvalue weighted by Gasteiger charge is 2.27. The van der Waals surface area contributed by atoms with E-state index in [4.69, 9.17) is 5.73 Å². The number of hydrogen-bond acceptors (Lipinski definition) is 5. The number of carbonyl (C=O) groups excluding carboxylic acids is 2. The number of nitrogens with two attached hydrogens (primary N) is 1. The Labute approximate surface area is 184 Å².